The molecule has 0 atom stereocenters. The van der Waals surface area contributed by atoms with Gasteiger partial charge in [-0.2, -0.15) is 0 Å². The number of carbonyl (C=O) groups excluding carboxylic acids is 2. The highest BCUT2D eigenvalue weighted by atomic mass is 16.6. The van der Waals surface area contributed by atoms with E-state index in [1.807, 2.05) is 12.1 Å². The van der Waals surface area contributed by atoms with Crippen molar-refractivity contribution in [3.8, 4) is 0 Å². The maximum absolute atomic E-state index is 12.7. The number of anilines is 2. The van der Waals surface area contributed by atoms with Gasteiger partial charge < -0.3 is 19.3 Å². The van der Waals surface area contributed by atoms with Crippen LogP contribution in [0.4, 0.5) is 11.4 Å². The Balaban J connectivity index is 1.87. The lowest BCUT2D eigenvalue weighted by Crippen LogP contribution is -2.30. The van der Waals surface area contributed by atoms with Crippen LogP contribution in [-0.2, 0) is 19.1 Å². The molecule has 0 saturated carbocycles. The molecule has 156 valence electrons. The van der Waals surface area contributed by atoms with Crippen molar-refractivity contribution < 1.29 is 23.7 Å². The lowest BCUT2D eigenvalue weighted by Gasteiger charge is -2.29. The monoisotopic (exact) mass is 410 g/mol. The Hall–Kier alpha value is -3.62. The standard InChI is InChI=1S/C21H22N4O5/c1-28-20(26)14-8-4-7-13-25(19(14)21(27)29-2)16-10-9-15(17-18(16)23-30-22-17)24-11-5-3-6-12-24/h4,7-10,13H,3,5-6,11-12H2,1-2H3. The first kappa shape index (κ1) is 19.7. The third kappa shape index (κ3) is 3.42. The molecule has 9 heteroatoms. The van der Waals surface area contributed by atoms with Gasteiger partial charge in [-0.25, -0.2) is 14.2 Å². The van der Waals surface area contributed by atoms with Gasteiger partial charge in [-0.3, -0.25) is 0 Å². The van der Waals surface area contributed by atoms with Gasteiger partial charge in [0.25, 0.3) is 0 Å². The minimum absolute atomic E-state index is 0.0179. The van der Waals surface area contributed by atoms with E-state index < -0.39 is 11.9 Å². The lowest BCUT2D eigenvalue weighted by molar-refractivity contribution is -0.139. The molecule has 2 aromatic rings. The lowest BCUT2D eigenvalue weighted by atomic mass is 10.1. The van der Waals surface area contributed by atoms with Crippen molar-refractivity contribution in [3.63, 3.8) is 0 Å². The van der Waals surface area contributed by atoms with Crippen LogP contribution in [0.25, 0.3) is 11.0 Å². The van der Waals surface area contributed by atoms with Crippen molar-refractivity contribution in [1.82, 2.24) is 10.3 Å². The maximum Gasteiger partial charge on any atom is 0.355 e. The predicted octanol–water partition coefficient (Wildman–Crippen LogP) is 2.70. The normalized spacial score (nSPS) is 16.7. The molecule has 30 heavy (non-hydrogen) atoms. The van der Waals surface area contributed by atoms with Crippen LogP contribution in [0.3, 0.4) is 0 Å². The number of methoxy groups -OCH3 is 2. The van der Waals surface area contributed by atoms with Crippen LogP contribution < -0.4 is 9.80 Å². The molecule has 1 aromatic carbocycles. The molecular formula is C21H22N4O5. The number of rotatable bonds is 4. The van der Waals surface area contributed by atoms with Crippen LogP contribution in [0.2, 0.25) is 0 Å². The van der Waals surface area contributed by atoms with Gasteiger partial charge in [0.15, 0.2) is 11.0 Å². The van der Waals surface area contributed by atoms with E-state index in [0.29, 0.717) is 16.7 Å². The van der Waals surface area contributed by atoms with E-state index in [1.165, 1.54) is 26.7 Å². The number of hydrogen-bond acceptors (Lipinski definition) is 9. The summed E-state index contributed by atoms with van der Waals surface area (Å²) in [6, 6.07) is 3.77. The number of carbonyl (C=O) groups is 2. The predicted molar refractivity (Wildman–Crippen MR) is 110 cm³/mol. The molecule has 1 aromatic heterocycles. The van der Waals surface area contributed by atoms with Crippen LogP contribution in [-0.4, -0.2) is 49.6 Å². The highest BCUT2D eigenvalue weighted by Gasteiger charge is 2.30. The number of piperidine rings is 1. The SMILES string of the molecule is COC(=O)C1=C(C(=O)OC)N(c2ccc(N3CCCCC3)c3nonc23)C=CC=C1. The number of nitrogens with zero attached hydrogens (tertiary/aromatic N) is 4. The van der Waals surface area contributed by atoms with Crippen molar-refractivity contribution in [3.05, 3.63) is 47.8 Å². The van der Waals surface area contributed by atoms with Gasteiger partial charge in [0.2, 0.25) is 0 Å². The van der Waals surface area contributed by atoms with Crippen molar-refractivity contribution in [2.45, 2.75) is 19.3 Å². The summed E-state index contributed by atoms with van der Waals surface area (Å²) in [5.74, 6) is -1.34. The highest BCUT2D eigenvalue weighted by Crippen LogP contribution is 2.36. The summed E-state index contributed by atoms with van der Waals surface area (Å²) in [5, 5.41) is 8.21. The number of fused-ring (bicyclic) bond motifs is 1. The molecule has 1 saturated heterocycles. The molecule has 2 aliphatic heterocycles. The van der Waals surface area contributed by atoms with E-state index >= 15 is 0 Å². The number of hydrogen-bond donors (Lipinski definition) is 0. The maximum atomic E-state index is 12.7. The number of ether oxygens (including phenoxy) is 2. The number of esters is 2. The van der Waals surface area contributed by atoms with Crippen LogP contribution in [0.5, 0.6) is 0 Å². The summed E-state index contributed by atoms with van der Waals surface area (Å²) >= 11 is 0. The Kier molecular flexibility index (Phi) is 5.51. The Bertz CT molecular complexity index is 1060. The molecule has 0 aliphatic carbocycles. The summed E-state index contributed by atoms with van der Waals surface area (Å²) < 4.78 is 14.9. The smallest absolute Gasteiger partial charge is 0.355 e. The van der Waals surface area contributed by atoms with Gasteiger partial charge in [-0.15, -0.1) is 0 Å². The number of aromatic nitrogens is 2. The number of benzene rings is 1. The molecule has 3 heterocycles. The molecule has 0 bridgehead atoms. The molecule has 0 radical (unpaired) electrons. The van der Waals surface area contributed by atoms with Gasteiger partial charge in [0.05, 0.1) is 31.2 Å². The van der Waals surface area contributed by atoms with E-state index in [-0.39, 0.29) is 11.3 Å². The van der Waals surface area contributed by atoms with E-state index in [0.717, 1.165) is 31.6 Å². The van der Waals surface area contributed by atoms with E-state index in [4.69, 9.17) is 14.1 Å². The Labute approximate surface area is 173 Å². The largest absolute Gasteiger partial charge is 0.465 e. The highest BCUT2D eigenvalue weighted by molar-refractivity contribution is 6.07. The van der Waals surface area contributed by atoms with Crippen molar-refractivity contribution in [2.75, 3.05) is 37.1 Å². The topological polar surface area (TPSA) is 98.0 Å². The van der Waals surface area contributed by atoms with Crippen LogP contribution in [0, 0.1) is 0 Å². The van der Waals surface area contributed by atoms with Crippen LogP contribution in [0.15, 0.2) is 52.5 Å². The molecular weight excluding hydrogens is 388 g/mol. The first-order valence-electron chi connectivity index (χ1n) is 9.71. The summed E-state index contributed by atoms with van der Waals surface area (Å²) in [5.41, 5.74) is 2.64. The zero-order chi connectivity index (χ0) is 21.1. The quantitative estimate of drug-likeness (QED) is 0.705. The fourth-order valence-corrected chi connectivity index (χ4v) is 3.78. The third-order valence-corrected chi connectivity index (χ3v) is 5.22. The second kappa shape index (κ2) is 8.40. The fraction of sp³-hybridized carbons (Fsp3) is 0.333. The average molecular weight is 410 g/mol. The van der Waals surface area contributed by atoms with Crippen LogP contribution in [0.1, 0.15) is 19.3 Å². The molecule has 0 unspecified atom stereocenters. The minimum atomic E-state index is -0.684. The fourth-order valence-electron chi connectivity index (χ4n) is 3.78. The van der Waals surface area contributed by atoms with Crippen molar-refractivity contribution in [1.29, 1.82) is 0 Å². The first-order chi connectivity index (χ1) is 14.7. The van der Waals surface area contributed by atoms with E-state index in [9.17, 15) is 9.59 Å². The molecule has 9 nitrogen and oxygen atoms in total. The second-order valence-corrected chi connectivity index (χ2v) is 6.93. The van der Waals surface area contributed by atoms with Crippen LogP contribution >= 0.6 is 0 Å². The summed E-state index contributed by atoms with van der Waals surface area (Å²) in [6.07, 6.45) is 9.97. The van der Waals surface area contributed by atoms with Gasteiger partial charge in [-0.05, 0) is 53.9 Å². The second-order valence-electron chi connectivity index (χ2n) is 6.93. The van der Waals surface area contributed by atoms with E-state index in [1.54, 1.807) is 23.3 Å². The van der Waals surface area contributed by atoms with Crippen molar-refractivity contribution in [2.24, 2.45) is 0 Å². The zero-order valence-electron chi connectivity index (χ0n) is 16.8. The van der Waals surface area contributed by atoms with Gasteiger partial charge >= 0.3 is 11.9 Å². The molecule has 0 amide bonds. The molecule has 1 fully saturated rings. The van der Waals surface area contributed by atoms with Crippen molar-refractivity contribution >= 4 is 34.3 Å². The zero-order valence-corrected chi connectivity index (χ0v) is 16.8. The Morgan fingerprint density at radius 1 is 0.933 bits per heavy atom. The summed E-state index contributed by atoms with van der Waals surface area (Å²) in [6.45, 7) is 1.88. The number of allylic oxidation sites excluding steroid dienone is 2. The molecule has 4 rings (SSSR count). The summed E-state index contributed by atoms with van der Waals surface area (Å²) in [4.78, 5) is 28.8. The van der Waals surface area contributed by atoms with Gasteiger partial charge in [0.1, 0.15) is 5.70 Å². The minimum Gasteiger partial charge on any atom is -0.465 e. The Morgan fingerprint density at radius 3 is 2.30 bits per heavy atom. The first-order valence-corrected chi connectivity index (χ1v) is 9.71. The van der Waals surface area contributed by atoms with Gasteiger partial charge in [-0.1, -0.05) is 6.08 Å². The Morgan fingerprint density at radius 2 is 1.60 bits per heavy atom. The summed E-state index contributed by atoms with van der Waals surface area (Å²) in [7, 11) is 2.52. The van der Waals surface area contributed by atoms with Gasteiger partial charge in [0, 0.05) is 19.3 Å². The van der Waals surface area contributed by atoms with E-state index in [2.05, 4.69) is 15.2 Å². The molecule has 0 N–H and O–H groups in total. The molecule has 0 spiro atoms. The third-order valence-electron chi connectivity index (χ3n) is 5.22. The molecule has 2 aliphatic rings. The average Bonchev–Trinajstić information content (AvgIpc) is 3.18.